The zero-order valence-corrected chi connectivity index (χ0v) is 27.3. The van der Waals surface area contributed by atoms with E-state index in [2.05, 4.69) is 25.8 Å². The number of nitriles is 1. The quantitative estimate of drug-likeness (QED) is 0.358. The van der Waals surface area contributed by atoms with Gasteiger partial charge in [0.2, 0.25) is 0 Å². The topological polar surface area (TPSA) is 102 Å². The van der Waals surface area contributed by atoms with E-state index >= 15 is 0 Å². The predicted molar refractivity (Wildman–Crippen MR) is 164 cm³/mol. The number of benzene rings is 1. The average molecular weight is 698 g/mol. The van der Waals surface area contributed by atoms with Gasteiger partial charge in [-0.05, 0) is 87.0 Å². The Morgan fingerprint density at radius 2 is 1.80 bits per heavy atom. The van der Waals surface area contributed by atoms with Crippen molar-refractivity contribution in [2.24, 2.45) is 0 Å². The van der Waals surface area contributed by atoms with Gasteiger partial charge >= 0.3 is 12.3 Å². The van der Waals surface area contributed by atoms with Gasteiger partial charge in [0, 0.05) is 38.4 Å². The van der Waals surface area contributed by atoms with Gasteiger partial charge in [-0.3, -0.25) is 14.6 Å². The maximum absolute atomic E-state index is 13.6. The second-order valence-electron chi connectivity index (χ2n) is 11.8. The van der Waals surface area contributed by atoms with Gasteiger partial charge in [0.1, 0.15) is 29.6 Å². The number of rotatable bonds is 6. The lowest BCUT2D eigenvalue weighted by Crippen LogP contribution is -2.50. The minimum absolute atomic E-state index is 0.0364. The molecule has 4 rings (SSSR count). The van der Waals surface area contributed by atoms with Crippen LogP contribution in [0.1, 0.15) is 45.9 Å². The molecule has 44 heavy (non-hydrogen) atoms. The first kappa shape index (κ1) is 33.4. The number of nitrogens with zero attached hydrogens (tertiary/aromatic N) is 6. The Morgan fingerprint density at radius 3 is 2.36 bits per heavy atom. The number of carbonyl (C=O) groups excluding carboxylic acids is 2. The van der Waals surface area contributed by atoms with E-state index in [1.54, 1.807) is 41.8 Å². The zero-order valence-electron chi connectivity index (χ0n) is 24.9. The highest BCUT2D eigenvalue weighted by Crippen LogP contribution is 2.40. The number of thiocarbonyl (C=S) groups is 1. The number of carbonyl (C=O) groups is 2. The van der Waals surface area contributed by atoms with E-state index in [4.69, 9.17) is 27.0 Å². The van der Waals surface area contributed by atoms with E-state index in [0.717, 1.165) is 11.1 Å². The maximum Gasteiger partial charge on any atom is 0.419 e. The molecule has 0 radical (unpaired) electrons. The summed E-state index contributed by atoms with van der Waals surface area (Å²) in [4.78, 5) is 35.8. The molecule has 2 fully saturated rings. The fraction of sp³-hybridized carbons (Fsp3) is 0.483. The minimum atomic E-state index is -4.84. The van der Waals surface area contributed by atoms with Crippen molar-refractivity contribution in [3.63, 3.8) is 0 Å². The van der Waals surface area contributed by atoms with Crippen molar-refractivity contribution in [2.75, 3.05) is 49.1 Å². The van der Waals surface area contributed by atoms with Crippen LogP contribution in [0, 0.1) is 11.3 Å². The first-order chi connectivity index (χ1) is 20.4. The number of hydrogen-bond acceptors (Lipinski definition) is 8. The van der Waals surface area contributed by atoms with Gasteiger partial charge in [-0.1, -0.05) is 0 Å². The molecule has 2 aromatic rings. The highest BCUT2D eigenvalue weighted by Gasteiger charge is 2.51. The van der Waals surface area contributed by atoms with Gasteiger partial charge in [0.25, 0.3) is 5.91 Å². The molecule has 2 saturated heterocycles. The molecule has 0 unspecified atom stereocenters. The molecule has 2 aliphatic rings. The van der Waals surface area contributed by atoms with Crippen LogP contribution in [0.2, 0.25) is 0 Å². The molecule has 15 heteroatoms. The summed E-state index contributed by atoms with van der Waals surface area (Å²) < 4.78 is 52.8. The highest BCUT2D eigenvalue weighted by molar-refractivity contribution is 9.10. The van der Waals surface area contributed by atoms with Crippen molar-refractivity contribution in [1.29, 1.82) is 5.26 Å². The van der Waals surface area contributed by atoms with Crippen LogP contribution >= 0.6 is 28.1 Å². The molecular formula is C29H32BrF3N6O4S. The molecule has 236 valence electrons. The van der Waals surface area contributed by atoms with E-state index in [-0.39, 0.29) is 16.9 Å². The van der Waals surface area contributed by atoms with Crippen molar-refractivity contribution < 1.29 is 32.2 Å². The molecule has 1 aromatic heterocycles. The Morgan fingerprint density at radius 1 is 1.14 bits per heavy atom. The first-order valence-corrected chi connectivity index (χ1v) is 14.9. The fourth-order valence-corrected chi connectivity index (χ4v) is 5.85. The van der Waals surface area contributed by atoms with Crippen molar-refractivity contribution >= 4 is 56.6 Å². The lowest BCUT2D eigenvalue weighted by Gasteiger charge is -2.35. The molecule has 2 aliphatic heterocycles. The van der Waals surface area contributed by atoms with Crippen LogP contribution in [-0.2, 0) is 15.7 Å². The Labute approximate surface area is 267 Å². The third-order valence-corrected chi connectivity index (χ3v) is 8.06. The zero-order chi connectivity index (χ0) is 32.6. The molecule has 0 aliphatic carbocycles. The van der Waals surface area contributed by atoms with Crippen molar-refractivity contribution in [3.05, 3.63) is 46.2 Å². The van der Waals surface area contributed by atoms with E-state index in [1.165, 1.54) is 6.07 Å². The van der Waals surface area contributed by atoms with Crippen LogP contribution in [0.15, 0.2) is 34.9 Å². The number of halogens is 4. The van der Waals surface area contributed by atoms with Gasteiger partial charge in [0.05, 0.1) is 21.9 Å². The summed E-state index contributed by atoms with van der Waals surface area (Å²) in [6, 6.07) is 7.29. The normalized spacial score (nSPS) is 17.6. The van der Waals surface area contributed by atoms with Gasteiger partial charge in [-0.2, -0.15) is 18.4 Å². The Balaban J connectivity index is 1.42. The van der Waals surface area contributed by atoms with Crippen LogP contribution in [0.5, 0.6) is 5.75 Å². The summed E-state index contributed by atoms with van der Waals surface area (Å²) in [5, 5.41) is 9.05. The monoisotopic (exact) mass is 696 g/mol. The minimum Gasteiger partial charge on any atom is -0.491 e. The number of ether oxygens (including phenoxy) is 2. The number of piperazine rings is 1. The number of hydrogen-bond donors (Lipinski definition) is 0. The second-order valence-corrected chi connectivity index (χ2v) is 13.0. The molecule has 2 amide bonds. The predicted octanol–water partition coefficient (Wildman–Crippen LogP) is 5.58. The molecule has 0 spiro atoms. The summed E-state index contributed by atoms with van der Waals surface area (Å²) in [5.74, 6) is 0.00343. The van der Waals surface area contributed by atoms with Crippen molar-refractivity contribution in [3.8, 4) is 11.8 Å². The van der Waals surface area contributed by atoms with E-state index in [1.807, 2.05) is 20.8 Å². The van der Waals surface area contributed by atoms with Gasteiger partial charge < -0.3 is 19.3 Å². The summed E-state index contributed by atoms with van der Waals surface area (Å²) in [6.45, 7) is 12.3. The molecule has 0 saturated carbocycles. The summed E-state index contributed by atoms with van der Waals surface area (Å²) in [5.41, 5.74) is -3.50. The standard InChI is InChI=1S/C29H32BrF3N6O4S/c1-27(2,3)43-26(41)37-10-8-36(9-11-37)12-13-42-23-7-6-18(15-21(23)30)39-25(44)38(24(40)28(39,4)5)19-14-20(29(31,32)33)22(16-34)35-17-19/h6-7,14-15,17H,8-13H2,1-5H3. The summed E-state index contributed by atoms with van der Waals surface area (Å²) >= 11 is 9.11. The van der Waals surface area contributed by atoms with Crippen LogP contribution in [0.25, 0.3) is 0 Å². The molecule has 1 aromatic carbocycles. The molecule has 0 atom stereocenters. The van der Waals surface area contributed by atoms with Gasteiger partial charge in [0.15, 0.2) is 10.8 Å². The first-order valence-electron chi connectivity index (χ1n) is 13.7. The molecular weight excluding hydrogens is 665 g/mol. The third kappa shape index (κ3) is 7.08. The maximum atomic E-state index is 13.6. The van der Waals surface area contributed by atoms with E-state index < -0.39 is 34.5 Å². The lowest BCUT2D eigenvalue weighted by molar-refractivity contribution is -0.138. The molecule has 3 heterocycles. The molecule has 0 N–H and O–H groups in total. The second kappa shape index (κ2) is 12.5. The highest BCUT2D eigenvalue weighted by atomic mass is 79.9. The van der Waals surface area contributed by atoms with Gasteiger partial charge in [-0.25, -0.2) is 9.78 Å². The Hall–Kier alpha value is -3.48. The Kier molecular flexibility index (Phi) is 9.48. The average Bonchev–Trinajstić information content (AvgIpc) is 3.11. The fourth-order valence-electron chi connectivity index (χ4n) is 4.85. The smallest absolute Gasteiger partial charge is 0.419 e. The number of amides is 2. The molecule has 0 bridgehead atoms. The van der Waals surface area contributed by atoms with Crippen LogP contribution in [0.3, 0.4) is 0 Å². The largest absolute Gasteiger partial charge is 0.491 e. The SMILES string of the molecule is CC(C)(C)OC(=O)N1CCN(CCOc2ccc(N3C(=S)N(c4cnc(C#N)c(C(F)(F)F)c4)C(=O)C3(C)C)cc2Br)CC1. The number of alkyl halides is 3. The third-order valence-electron chi connectivity index (χ3n) is 7.07. The summed E-state index contributed by atoms with van der Waals surface area (Å²) in [7, 11) is 0. The van der Waals surface area contributed by atoms with Crippen LogP contribution in [0.4, 0.5) is 29.3 Å². The van der Waals surface area contributed by atoms with Crippen molar-refractivity contribution in [1.82, 2.24) is 14.8 Å². The van der Waals surface area contributed by atoms with Crippen LogP contribution < -0.4 is 14.5 Å². The summed E-state index contributed by atoms with van der Waals surface area (Å²) in [6.07, 6.45) is -4.13. The Bertz CT molecular complexity index is 1500. The van der Waals surface area contributed by atoms with Crippen molar-refractivity contribution in [2.45, 2.75) is 51.9 Å². The van der Waals surface area contributed by atoms with Gasteiger partial charge in [-0.15, -0.1) is 0 Å². The lowest BCUT2D eigenvalue weighted by atomic mass is 10.0. The van der Waals surface area contributed by atoms with E-state index in [0.29, 0.717) is 61.3 Å². The van der Waals surface area contributed by atoms with E-state index in [9.17, 15) is 22.8 Å². The number of pyridine rings is 1. The number of aromatic nitrogens is 1. The number of anilines is 2. The van der Waals surface area contributed by atoms with Crippen LogP contribution in [-0.4, -0.2) is 82.4 Å². The molecule has 10 nitrogen and oxygen atoms in total.